The van der Waals surface area contributed by atoms with E-state index < -0.39 is 6.03 Å². The minimum absolute atomic E-state index is 0.0902. The molecule has 2 aromatic heterocycles. The summed E-state index contributed by atoms with van der Waals surface area (Å²) in [5.41, 5.74) is 2.36. The van der Waals surface area contributed by atoms with Crippen molar-refractivity contribution in [3.8, 4) is 16.3 Å². The monoisotopic (exact) mass is 455 g/mol. The van der Waals surface area contributed by atoms with Crippen molar-refractivity contribution >= 4 is 39.6 Å². The second-order valence-corrected chi connectivity index (χ2v) is 8.00. The van der Waals surface area contributed by atoms with Crippen LogP contribution in [0.5, 0.6) is 5.75 Å². The number of hydrogen-bond acceptors (Lipinski definition) is 6. The molecule has 4 aromatic rings. The Morgan fingerprint density at radius 1 is 1.23 bits per heavy atom. The van der Waals surface area contributed by atoms with Crippen molar-refractivity contribution < 1.29 is 9.53 Å². The molecule has 2 heterocycles. The molecule has 0 fully saturated rings. The number of nitrogens with one attached hydrogen (secondary N) is 2. The Morgan fingerprint density at radius 3 is 2.74 bits per heavy atom. The Hall–Kier alpha value is -3.43. The number of fused-ring (bicyclic) bond motifs is 1. The number of carbonyl (C=O) groups excluding carboxylic acids is 1. The summed E-state index contributed by atoms with van der Waals surface area (Å²) >= 11 is 7.36. The number of nitrogens with zero attached hydrogens (tertiary/aromatic N) is 3. The maximum atomic E-state index is 12.5. The molecule has 158 valence electrons. The highest BCUT2D eigenvalue weighted by atomic mass is 35.5. The van der Waals surface area contributed by atoms with Crippen LogP contribution >= 0.6 is 22.9 Å². The first kappa shape index (κ1) is 20.8. The van der Waals surface area contributed by atoms with Crippen LogP contribution in [-0.2, 0) is 6.54 Å². The zero-order valence-electron chi connectivity index (χ0n) is 16.7. The van der Waals surface area contributed by atoms with Crippen molar-refractivity contribution in [1.82, 2.24) is 19.9 Å². The van der Waals surface area contributed by atoms with Crippen LogP contribution in [0.4, 0.5) is 10.5 Å². The zero-order chi connectivity index (χ0) is 22.0. The van der Waals surface area contributed by atoms with E-state index in [-0.39, 0.29) is 12.1 Å². The highest BCUT2D eigenvalue weighted by molar-refractivity contribution is 7.19. The molecule has 0 saturated carbocycles. The third kappa shape index (κ3) is 4.52. The van der Waals surface area contributed by atoms with Crippen molar-refractivity contribution in [2.24, 2.45) is 0 Å². The van der Waals surface area contributed by atoms with Gasteiger partial charge < -0.3 is 15.4 Å². The van der Waals surface area contributed by atoms with Gasteiger partial charge in [0.15, 0.2) is 0 Å². The van der Waals surface area contributed by atoms with Crippen LogP contribution in [0.2, 0.25) is 5.02 Å². The zero-order valence-corrected chi connectivity index (χ0v) is 18.3. The number of carbonyl (C=O) groups is 1. The van der Waals surface area contributed by atoms with Crippen LogP contribution < -0.4 is 20.9 Å². The number of halogens is 1. The summed E-state index contributed by atoms with van der Waals surface area (Å²) in [6.07, 6.45) is 0. The normalized spacial score (nSPS) is 10.8. The van der Waals surface area contributed by atoms with E-state index in [1.54, 1.807) is 25.3 Å². The Balaban J connectivity index is 1.50. The van der Waals surface area contributed by atoms with E-state index >= 15 is 0 Å². The van der Waals surface area contributed by atoms with Crippen LogP contribution in [0, 0.1) is 6.92 Å². The number of anilines is 1. The van der Waals surface area contributed by atoms with Gasteiger partial charge in [-0.3, -0.25) is 4.79 Å². The van der Waals surface area contributed by atoms with Crippen LogP contribution in [0.3, 0.4) is 0 Å². The number of rotatable bonds is 5. The summed E-state index contributed by atoms with van der Waals surface area (Å²) in [6, 6.07) is 13.6. The largest absolute Gasteiger partial charge is 0.497 e. The lowest BCUT2D eigenvalue weighted by molar-refractivity contribution is 0.251. The van der Waals surface area contributed by atoms with Crippen molar-refractivity contribution in [3.05, 3.63) is 75.2 Å². The number of aromatic nitrogens is 3. The molecule has 2 N–H and O–H groups in total. The fraction of sp³-hybridized carbons (Fsp3) is 0.143. The summed E-state index contributed by atoms with van der Waals surface area (Å²) in [4.78, 5) is 29.6. The summed E-state index contributed by atoms with van der Waals surface area (Å²) in [6.45, 7) is 1.91. The molecule has 2 amide bonds. The van der Waals surface area contributed by atoms with Gasteiger partial charge in [0.05, 0.1) is 19.3 Å². The molecular weight excluding hydrogens is 438 g/mol. The van der Waals surface area contributed by atoms with Gasteiger partial charge in [0.1, 0.15) is 10.8 Å². The summed E-state index contributed by atoms with van der Waals surface area (Å²) in [7, 11) is 1.60. The topological polar surface area (TPSA) is 97.6 Å². The van der Waals surface area contributed by atoms with E-state index in [0.717, 1.165) is 16.9 Å². The van der Waals surface area contributed by atoms with Gasteiger partial charge >= 0.3 is 6.03 Å². The second kappa shape index (κ2) is 8.75. The van der Waals surface area contributed by atoms with Gasteiger partial charge in [0, 0.05) is 22.3 Å². The number of methoxy groups -OCH3 is 1. The van der Waals surface area contributed by atoms with E-state index in [4.69, 9.17) is 16.3 Å². The number of ether oxygens (including phenoxy) is 1. The summed E-state index contributed by atoms with van der Waals surface area (Å²) in [5.74, 6) is 0.736. The lowest BCUT2D eigenvalue weighted by atomic mass is 10.2. The highest BCUT2D eigenvalue weighted by Crippen LogP contribution is 2.26. The summed E-state index contributed by atoms with van der Waals surface area (Å²) < 4.78 is 6.42. The lowest BCUT2D eigenvalue weighted by Crippen LogP contribution is -2.29. The summed E-state index contributed by atoms with van der Waals surface area (Å²) in [5, 5.41) is 11.0. The van der Waals surface area contributed by atoms with Crippen LogP contribution in [0.1, 0.15) is 11.3 Å². The predicted octanol–water partition coefficient (Wildman–Crippen LogP) is 4.11. The molecule has 0 aliphatic rings. The van der Waals surface area contributed by atoms with Gasteiger partial charge in [0.25, 0.3) is 5.56 Å². The minimum Gasteiger partial charge on any atom is -0.497 e. The molecule has 0 spiro atoms. The first-order valence-corrected chi connectivity index (χ1v) is 10.5. The van der Waals surface area contributed by atoms with E-state index in [1.807, 2.05) is 31.2 Å². The molecule has 0 bridgehead atoms. The van der Waals surface area contributed by atoms with Crippen LogP contribution in [0.25, 0.3) is 15.5 Å². The van der Waals surface area contributed by atoms with Crippen molar-refractivity contribution in [2.75, 3.05) is 12.4 Å². The average Bonchev–Trinajstić information content (AvgIpc) is 3.20. The third-order valence-corrected chi connectivity index (χ3v) is 5.95. The molecule has 0 unspecified atom stereocenters. The molecule has 2 aromatic carbocycles. The fourth-order valence-corrected chi connectivity index (χ4v) is 3.98. The van der Waals surface area contributed by atoms with Crippen molar-refractivity contribution in [2.45, 2.75) is 13.5 Å². The van der Waals surface area contributed by atoms with Gasteiger partial charge in [-0.15, -0.1) is 0 Å². The smallest absolute Gasteiger partial charge is 0.319 e. The van der Waals surface area contributed by atoms with Gasteiger partial charge in [-0.2, -0.15) is 9.61 Å². The van der Waals surface area contributed by atoms with Crippen molar-refractivity contribution in [3.63, 3.8) is 0 Å². The first-order chi connectivity index (χ1) is 14.9. The van der Waals surface area contributed by atoms with Crippen molar-refractivity contribution in [1.29, 1.82) is 0 Å². The molecule has 0 aliphatic heterocycles. The Kier molecular flexibility index (Phi) is 5.88. The first-order valence-electron chi connectivity index (χ1n) is 9.29. The van der Waals surface area contributed by atoms with Gasteiger partial charge in [-0.1, -0.05) is 29.0 Å². The molecule has 0 saturated heterocycles. The van der Waals surface area contributed by atoms with Gasteiger partial charge in [0.2, 0.25) is 4.96 Å². The fourth-order valence-electron chi connectivity index (χ4n) is 2.88. The van der Waals surface area contributed by atoms with E-state index in [0.29, 0.717) is 26.4 Å². The second-order valence-electron chi connectivity index (χ2n) is 6.64. The number of amides is 2. The molecule has 0 radical (unpaired) electrons. The molecule has 10 heteroatoms. The quantitative estimate of drug-likeness (QED) is 0.472. The van der Waals surface area contributed by atoms with E-state index in [1.165, 1.54) is 21.9 Å². The van der Waals surface area contributed by atoms with E-state index in [9.17, 15) is 9.59 Å². The van der Waals surface area contributed by atoms with Gasteiger partial charge in [-0.25, -0.2) is 9.78 Å². The molecular formula is C21H18ClN5O3S. The minimum atomic E-state index is -0.421. The Bertz CT molecular complexity index is 1320. The molecule has 31 heavy (non-hydrogen) atoms. The third-order valence-electron chi connectivity index (χ3n) is 4.58. The number of urea groups is 1. The number of hydrogen-bond donors (Lipinski definition) is 2. The Morgan fingerprint density at radius 2 is 2.00 bits per heavy atom. The Labute approximate surface area is 186 Å². The molecule has 4 rings (SSSR count). The highest BCUT2D eigenvalue weighted by Gasteiger charge is 2.12. The molecule has 0 aliphatic carbocycles. The van der Waals surface area contributed by atoms with Crippen LogP contribution in [0.15, 0.2) is 53.3 Å². The molecule has 0 atom stereocenters. The maximum absolute atomic E-state index is 12.5. The average molecular weight is 456 g/mol. The van der Waals surface area contributed by atoms with Crippen LogP contribution in [-0.4, -0.2) is 27.7 Å². The lowest BCUT2D eigenvalue weighted by Gasteiger charge is -2.10. The van der Waals surface area contributed by atoms with E-state index in [2.05, 4.69) is 20.7 Å². The number of benzene rings is 2. The predicted molar refractivity (Wildman–Crippen MR) is 121 cm³/mol. The van der Waals surface area contributed by atoms with Gasteiger partial charge in [-0.05, 0) is 48.9 Å². The maximum Gasteiger partial charge on any atom is 0.319 e. The SMILES string of the molecule is COc1ccc(-c2nn3c(=O)cc(CNC(=O)Nc4cccc(Cl)c4C)nc3s2)cc1. The standard InChI is InChI=1S/C21H18ClN5O3S/c1-12-16(22)4-3-5-17(12)25-20(29)23-11-14-10-18(28)27-21(24-14)31-19(26-27)13-6-8-15(30-2)9-7-13/h3-10H,11H2,1-2H3,(H2,23,25,29). The molecule has 8 nitrogen and oxygen atoms in total.